The van der Waals surface area contributed by atoms with E-state index >= 15 is 0 Å². The minimum absolute atomic E-state index is 0.379. The summed E-state index contributed by atoms with van der Waals surface area (Å²) in [5, 5.41) is 10.5. The van der Waals surface area contributed by atoms with Crippen molar-refractivity contribution in [2.24, 2.45) is 0 Å². The molecular weight excluding hydrogens is 242 g/mol. The first-order valence-electron chi connectivity index (χ1n) is 5.06. The van der Waals surface area contributed by atoms with Gasteiger partial charge in [-0.2, -0.15) is 0 Å². The summed E-state index contributed by atoms with van der Waals surface area (Å²) in [4.78, 5) is 39.9. The van der Waals surface area contributed by atoms with Gasteiger partial charge >= 0.3 is 0 Å². The quantitative estimate of drug-likeness (QED) is 0.610. The monoisotopic (exact) mass is 255 g/mol. The zero-order chi connectivity index (χ0) is 13.9. The summed E-state index contributed by atoms with van der Waals surface area (Å²) in [6.45, 7) is 5.10. The first-order chi connectivity index (χ1) is 8.20. The lowest BCUT2D eigenvalue weighted by molar-refractivity contribution is -0.385. The van der Waals surface area contributed by atoms with Crippen molar-refractivity contribution in [3.8, 4) is 0 Å². The highest BCUT2D eigenvalue weighted by molar-refractivity contribution is 5.93. The Labute approximate surface area is 102 Å². The lowest BCUT2D eigenvalue weighted by Crippen LogP contribution is -2.36. The molecule has 0 fully saturated rings. The summed E-state index contributed by atoms with van der Waals surface area (Å²) >= 11 is 0. The van der Waals surface area contributed by atoms with Crippen molar-refractivity contribution >= 4 is 11.6 Å². The third kappa shape index (κ3) is 3.67. The summed E-state index contributed by atoms with van der Waals surface area (Å²) < 4.78 is 0. The molecule has 0 saturated heterocycles. The summed E-state index contributed by atoms with van der Waals surface area (Å²) in [5.41, 5.74) is -0.0580. The molecule has 1 rings (SSSR count). The van der Waals surface area contributed by atoms with Crippen LogP contribution in [-0.2, 0) is 4.84 Å². The molecule has 0 saturated carbocycles. The van der Waals surface area contributed by atoms with Gasteiger partial charge in [0.15, 0.2) is 0 Å². The fraction of sp³-hybridized carbons (Fsp3) is 0.400. The largest absolute Gasteiger partial charge is 0.322 e. The molecular formula is C10H13N3O5. The van der Waals surface area contributed by atoms with E-state index in [0.717, 1.165) is 12.3 Å². The van der Waals surface area contributed by atoms with Gasteiger partial charge in [-0.15, -0.1) is 0 Å². The van der Waals surface area contributed by atoms with Crippen molar-refractivity contribution in [1.82, 2.24) is 10.5 Å². The Hall–Kier alpha value is -2.22. The average Bonchev–Trinajstić information content (AvgIpc) is 2.25. The third-order valence-electron chi connectivity index (χ3n) is 1.79. The molecule has 0 unspecified atom stereocenters. The van der Waals surface area contributed by atoms with Crippen LogP contribution in [0.1, 0.15) is 31.1 Å². The number of hydrogen-bond donors (Lipinski definition) is 2. The SMILES string of the molecule is CC(C)(C)ONC(=O)c1cc([N+](=O)[O-])c[nH]c1=O. The number of nitro groups is 1. The highest BCUT2D eigenvalue weighted by atomic mass is 16.7. The van der Waals surface area contributed by atoms with Gasteiger partial charge in [-0.3, -0.25) is 24.5 Å². The van der Waals surface area contributed by atoms with E-state index in [1.807, 2.05) is 0 Å². The van der Waals surface area contributed by atoms with Crippen molar-refractivity contribution in [1.29, 1.82) is 0 Å². The smallest absolute Gasteiger partial charge is 0.286 e. The molecule has 8 nitrogen and oxygen atoms in total. The number of carbonyl (C=O) groups is 1. The molecule has 1 heterocycles. The molecule has 0 spiro atoms. The number of hydroxylamine groups is 1. The molecule has 0 bridgehead atoms. The first-order valence-corrected chi connectivity index (χ1v) is 5.06. The van der Waals surface area contributed by atoms with E-state index in [-0.39, 0.29) is 11.3 Å². The van der Waals surface area contributed by atoms with E-state index in [4.69, 9.17) is 4.84 Å². The van der Waals surface area contributed by atoms with Gasteiger partial charge in [0, 0.05) is 6.07 Å². The number of hydrogen-bond acceptors (Lipinski definition) is 5. The lowest BCUT2D eigenvalue weighted by atomic mass is 10.2. The maximum Gasteiger partial charge on any atom is 0.286 e. The molecule has 98 valence electrons. The number of pyridine rings is 1. The lowest BCUT2D eigenvalue weighted by Gasteiger charge is -2.18. The second-order valence-electron chi connectivity index (χ2n) is 4.50. The number of H-pyrrole nitrogens is 1. The van der Waals surface area contributed by atoms with Crippen LogP contribution in [0, 0.1) is 10.1 Å². The van der Waals surface area contributed by atoms with E-state index in [9.17, 15) is 19.7 Å². The van der Waals surface area contributed by atoms with Crippen LogP contribution >= 0.6 is 0 Å². The molecule has 0 aliphatic rings. The molecule has 2 N–H and O–H groups in total. The Balaban J connectivity index is 2.95. The van der Waals surface area contributed by atoms with E-state index < -0.39 is 22.0 Å². The van der Waals surface area contributed by atoms with Crippen LogP contribution in [-0.4, -0.2) is 21.4 Å². The van der Waals surface area contributed by atoms with Crippen LogP contribution in [0.25, 0.3) is 0 Å². The molecule has 1 aromatic heterocycles. The van der Waals surface area contributed by atoms with E-state index in [1.54, 1.807) is 20.8 Å². The average molecular weight is 255 g/mol. The number of rotatable bonds is 3. The third-order valence-corrected chi connectivity index (χ3v) is 1.79. The second kappa shape index (κ2) is 4.96. The molecule has 0 aliphatic heterocycles. The zero-order valence-corrected chi connectivity index (χ0v) is 10.1. The molecule has 0 radical (unpaired) electrons. The number of aromatic nitrogens is 1. The number of aromatic amines is 1. The van der Waals surface area contributed by atoms with Crippen LogP contribution < -0.4 is 11.0 Å². The predicted molar refractivity (Wildman–Crippen MR) is 62.0 cm³/mol. The van der Waals surface area contributed by atoms with Crippen molar-refractivity contribution in [3.05, 3.63) is 38.3 Å². The molecule has 0 aliphatic carbocycles. The van der Waals surface area contributed by atoms with Gasteiger partial charge < -0.3 is 4.98 Å². The van der Waals surface area contributed by atoms with Gasteiger partial charge in [0.2, 0.25) is 0 Å². The first kappa shape index (κ1) is 13.8. The molecule has 18 heavy (non-hydrogen) atoms. The Kier molecular flexibility index (Phi) is 3.82. The summed E-state index contributed by atoms with van der Waals surface area (Å²) in [7, 11) is 0. The minimum Gasteiger partial charge on any atom is -0.322 e. The minimum atomic E-state index is -0.838. The molecule has 8 heteroatoms. The predicted octanol–water partition coefficient (Wildman–Crippen LogP) is 0.743. The van der Waals surface area contributed by atoms with Crippen LogP contribution in [0.2, 0.25) is 0 Å². The van der Waals surface area contributed by atoms with E-state index in [2.05, 4.69) is 10.5 Å². The Bertz CT molecular complexity index is 529. The zero-order valence-electron chi connectivity index (χ0n) is 10.1. The topological polar surface area (TPSA) is 114 Å². The van der Waals surface area contributed by atoms with Gasteiger partial charge in [-0.05, 0) is 20.8 Å². The van der Waals surface area contributed by atoms with Gasteiger partial charge in [0.1, 0.15) is 5.56 Å². The molecule has 0 aromatic carbocycles. The van der Waals surface area contributed by atoms with Gasteiger partial charge in [0.05, 0.1) is 16.7 Å². The van der Waals surface area contributed by atoms with E-state index in [1.165, 1.54) is 0 Å². The van der Waals surface area contributed by atoms with Crippen LogP contribution in [0.3, 0.4) is 0 Å². The summed E-state index contributed by atoms with van der Waals surface area (Å²) in [6.07, 6.45) is 0.920. The summed E-state index contributed by atoms with van der Waals surface area (Å²) in [5.74, 6) is -0.838. The highest BCUT2D eigenvalue weighted by Gasteiger charge is 2.18. The maximum absolute atomic E-state index is 11.6. The fourth-order valence-corrected chi connectivity index (χ4v) is 1.00. The Morgan fingerprint density at radius 3 is 2.61 bits per heavy atom. The van der Waals surface area contributed by atoms with Crippen LogP contribution in [0.5, 0.6) is 0 Å². The fourth-order valence-electron chi connectivity index (χ4n) is 1.00. The van der Waals surface area contributed by atoms with Gasteiger partial charge in [0.25, 0.3) is 17.2 Å². The second-order valence-corrected chi connectivity index (χ2v) is 4.50. The number of nitrogens with zero attached hydrogens (tertiary/aromatic N) is 1. The Morgan fingerprint density at radius 1 is 1.50 bits per heavy atom. The normalized spacial score (nSPS) is 11.1. The van der Waals surface area contributed by atoms with Crippen molar-refractivity contribution in [2.75, 3.05) is 0 Å². The van der Waals surface area contributed by atoms with Gasteiger partial charge in [-0.25, -0.2) is 5.48 Å². The highest BCUT2D eigenvalue weighted by Crippen LogP contribution is 2.09. The Morgan fingerprint density at radius 2 is 2.11 bits per heavy atom. The standard InChI is InChI=1S/C10H13N3O5/c1-10(2,3)18-12-9(15)7-4-6(13(16)17)5-11-8(7)14/h4-5H,1-3H3,(H,11,14)(H,12,15). The van der Waals surface area contributed by atoms with Crippen molar-refractivity contribution in [2.45, 2.75) is 26.4 Å². The van der Waals surface area contributed by atoms with Crippen molar-refractivity contribution in [3.63, 3.8) is 0 Å². The number of carbonyl (C=O) groups excluding carboxylic acids is 1. The van der Waals surface area contributed by atoms with Crippen LogP contribution in [0.4, 0.5) is 5.69 Å². The molecule has 1 amide bonds. The summed E-state index contributed by atoms with van der Waals surface area (Å²) in [6, 6.07) is 0.889. The molecule has 0 atom stereocenters. The maximum atomic E-state index is 11.6. The van der Waals surface area contributed by atoms with Crippen LogP contribution in [0.15, 0.2) is 17.1 Å². The molecule has 1 aromatic rings. The van der Waals surface area contributed by atoms with Crippen molar-refractivity contribution < 1.29 is 14.6 Å². The number of amides is 1. The van der Waals surface area contributed by atoms with Gasteiger partial charge in [-0.1, -0.05) is 0 Å². The number of nitrogens with one attached hydrogen (secondary N) is 2. The van der Waals surface area contributed by atoms with E-state index in [0.29, 0.717) is 0 Å².